The number of nitrogens with two attached hydrogens (primary N) is 1. The standard InChI is InChI=1S/C12H13N3O2/c1-17-10-4-2-9(3-5-10)11-6-15(8-14-11)7-12(13)16/h2-6,8H,7H2,1H3,(H2,13,16). The predicted octanol–water partition coefficient (Wildman–Crippen LogP) is 1.04. The number of amides is 1. The minimum absolute atomic E-state index is 0.142. The third-order valence-electron chi connectivity index (χ3n) is 2.36. The van der Waals surface area contributed by atoms with E-state index in [4.69, 9.17) is 10.5 Å². The van der Waals surface area contributed by atoms with Crippen molar-refractivity contribution < 1.29 is 9.53 Å². The summed E-state index contributed by atoms with van der Waals surface area (Å²) in [7, 11) is 1.62. The van der Waals surface area contributed by atoms with Crippen molar-refractivity contribution in [3.05, 3.63) is 36.8 Å². The molecule has 88 valence electrons. The summed E-state index contributed by atoms with van der Waals surface area (Å²) in [5.41, 5.74) is 6.87. The van der Waals surface area contributed by atoms with Crippen molar-refractivity contribution in [2.45, 2.75) is 6.54 Å². The Morgan fingerprint density at radius 2 is 2.12 bits per heavy atom. The summed E-state index contributed by atoms with van der Waals surface area (Å²) in [6.45, 7) is 0.142. The summed E-state index contributed by atoms with van der Waals surface area (Å²) in [6.07, 6.45) is 3.37. The van der Waals surface area contributed by atoms with Crippen LogP contribution in [0.1, 0.15) is 0 Å². The second-order valence-electron chi connectivity index (χ2n) is 3.63. The number of carbonyl (C=O) groups is 1. The summed E-state index contributed by atoms with van der Waals surface area (Å²) in [5.74, 6) is 0.411. The van der Waals surface area contributed by atoms with Crippen LogP contribution in [0.2, 0.25) is 0 Å². The molecule has 5 heteroatoms. The largest absolute Gasteiger partial charge is 0.497 e. The van der Waals surface area contributed by atoms with Crippen LogP contribution < -0.4 is 10.5 Å². The van der Waals surface area contributed by atoms with Crippen LogP contribution in [0.3, 0.4) is 0 Å². The monoisotopic (exact) mass is 231 g/mol. The zero-order valence-electron chi connectivity index (χ0n) is 9.46. The lowest BCUT2D eigenvalue weighted by molar-refractivity contribution is -0.118. The maximum atomic E-state index is 10.8. The molecule has 2 aromatic rings. The number of primary amides is 1. The maximum absolute atomic E-state index is 10.8. The van der Waals surface area contributed by atoms with Gasteiger partial charge in [0.25, 0.3) is 0 Å². The lowest BCUT2D eigenvalue weighted by Crippen LogP contribution is -2.17. The molecule has 2 N–H and O–H groups in total. The highest BCUT2D eigenvalue weighted by atomic mass is 16.5. The SMILES string of the molecule is COc1ccc(-c2cn(CC(N)=O)cn2)cc1. The lowest BCUT2D eigenvalue weighted by atomic mass is 10.2. The van der Waals surface area contributed by atoms with E-state index >= 15 is 0 Å². The Labute approximate surface area is 98.8 Å². The smallest absolute Gasteiger partial charge is 0.237 e. The average molecular weight is 231 g/mol. The van der Waals surface area contributed by atoms with Crippen molar-refractivity contribution in [2.75, 3.05) is 7.11 Å². The van der Waals surface area contributed by atoms with Crippen molar-refractivity contribution >= 4 is 5.91 Å². The van der Waals surface area contributed by atoms with Gasteiger partial charge in [-0.2, -0.15) is 0 Å². The van der Waals surface area contributed by atoms with Gasteiger partial charge in [0, 0.05) is 11.8 Å². The van der Waals surface area contributed by atoms with Gasteiger partial charge in [-0.05, 0) is 24.3 Å². The molecule has 0 aliphatic rings. The van der Waals surface area contributed by atoms with Gasteiger partial charge in [-0.15, -0.1) is 0 Å². The Morgan fingerprint density at radius 3 is 2.71 bits per heavy atom. The number of hydrogen-bond donors (Lipinski definition) is 1. The van der Waals surface area contributed by atoms with E-state index in [1.807, 2.05) is 24.3 Å². The van der Waals surface area contributed by atoms with E-state index in [0.29, 0.717) is 0 Å². The lowest BCUT2D eigenvalue weighted by Gasteiger charge is -2.00. The van der Waals surface area contributed by atoms with Crippen LogP contribution >= 0.6 is 0 Å². The molecule has 1 aromatic heterocycles. The average Bonchev–Trinajstić information content (AvgIpc) is 2.77. The molecule has 1 heterocycles. The molecule has 17 heavy (non-hydrogen) atoms. The van der Waals surface area contributed by atoms with Gasteiger partial charge in [-0.25, -0.2) is 4.98 Å². The van der Waals surface area contributed by atoms with Crippen molar-refractivity contribution in [1.29, 1.82) is 0 Å². The van der Waals surface area contributed by atoms with Gasteiger partial charge in [0.15, 0.2) is 0 Å². The van der Waals surface area contributed by atoms with E-state index in [1.54, 1.807) is 24.2 Å². The van der Waals surface area contributed by atoms with Gasteiger partial charge in [-0.3, -0.25) is 4.79 Å². The molecular formula is C12H13N3O2. The fraction of sp³-hybridized carbons (Fsp3) is 0.167. The van der Waals surface area contributed by atoms with E-state index in [2.05, 4.69) is 4.98 Å². The Kier molecular flexibility index (Phi) is 3.09. The first-order valence-electron chi connectivity index (χ1n) is 5.13. The molecule has 0 aliphatic carbocycles. The second-order valence-corrected chi connectivity index (χ2v) is 3.63. The number of aromatic nitrogens is 2. The Balaban J connectivity index is 2.21. The maximum Gasteiger partial charge on any atom is 0.237 e. The van der Waals surface area contributed by atoms with E-state index in [1.165, 1.54) is 0 Å². The van der Waals surface area contributed by atoms with Crippen LogP contribution in [0.5, 0.6) is 5.75 Å². The summed E-state index contributed by atoms with van der Waals surface area (Å²) in [5, 5.41) is 0. The minimum Gasteiger partial charge on any atom is -0.497 e. The number of methoxy groups -OCH3 is 1. The molecule has 0 radical (unpaired) electrons. The minimum atomic E-state index is -0.385. The van der Waals surface area contributed by atoms with Crippen LogP contribution in [-0.4, -0.2) is 22.6 Å². The van der Waals surface area contributed by atoms with E-state index in [0.717, 1.165) is 17.0 Å². The van der Waals surface area contributed by atoms with Gasteiger partial charge in [0.05, 0.1) is 19.1 Å². The molecule has 2 rings (SSSR count). The molecule has 0 aliphatic heterocycles. The van der Waals surface area contributed by atoms with Crippen molar-refractivity contribution in [1.82, 2.24) is 9.55 Å². The topological polar surface area (TPSA) is 70.1 Å². The summed E-state index contributed by atoms with van der Waals surface area (Å²) in [6, 6.07) is 7.55. The first kappa shape index (κ1) is 11.2. The number of rotatable bonds is 4. The van der Waals surface area contributed by atoms with Gasteiger partial charge < -0.3 is 15.0 Å². The highest BCUT2D eigenvalue weighted by Crippen LogP contribution is 2.20. The number of imidazole rings is 1. The van der Waals surface area contributed by atoms with Crippen molar-refractivity contribution in [3.63, 3.8) is 0 Å². The van der Waals surface area contributed by atoms with Crippen LogP contribution in [0.15, 0.2) is 36.8 Å². The molecule has 0 atom stereocenters. The molecular weight excluding hydrogens is 218 g/mol. The van der Waals surface area contributed by atoms with Crippen molar-refractivity contribution in [2.24, 2.45) is 5.73 Å². The zero-order valence-corrected chi connectivity index (χ0v) is 9.46. The summed E-state index contributed by atoms with van der Waals surface area (Å²) >= 11 is 0. The van der Waals surface area contributed by atoms with Crippen LogP contribution in [0, 0.1) is 0 Å². The molecule has 0 saturated heterocycles. The molecule has 5 nitrogen and oxygen atoms in total. The fourth-order valence-corrected chi connectivity index (χ4v) is 1.54. The van der Waals surface area contributed by atoms with Gasteiger partial charge in [0.2, 0.25) is 5.91 Å². The molecule has 0 bridgehead atoms. The second kappa shape index (κ2) is 4.69. The van der Waals surface area contributed by atoms with E-state index < -0.39 is 0 Å². The fourth-order valence-electron chi connectivity index (χ4n) is 1.54. The predicted molar refractivity (Wildman–Crippen MR) is 63.4 cm³/mol. The van der Waals surface area contributed by atoms with Crippen LogP contribution in [0.25, 0.3) is 11.3 Å². The normalized spacial score (nSPS) is 10.2. The van der Waals surface area contributed by atoms with Crippen molar-refractivity contribution in [3.8, 4) is 17.0 Å². The summed E-state index contributed by atoms with van der Waals surface area (Å²) < 4.78 is 6.73. The van der Waals surface area contributed by atoms with Crippen LogP contribution in [-0.2, 0) is 11.3 Å². The molecule has 1 amide bonds. The molecule has 1 aromatic carbocycles. The number of carbonyl (C=O) groups excluding carboxylic acids is 1. The molecule has 0 unspecified atom stereocenters. The van der Waals surface area contributed by atoms with Gasteiger partial charge in [0.1, 0.15) is 12.3 Å². The van der Waals surface area contributed by atoms with Gasteiger partial charge >= 0.3 is 0 Å². The zero-order chi connectivity index (χ0) is 12.3. The van der Waals surface area contributed by atoms with Gasteiger partial charge in [-0.1, -0.05) is 0 Å². The Bertz CT molecular complexity index is 517. The summed E-state index contributed by atoms with van der Waals surface area (Å²) in [4.78, 5) is 15.0. The molecule has 0 spiro atoms. The third-order valence-corrected chi connectivity index (χ3v) is 2.36. The quantitative estimate of drug-likeness (QED) is 0.854. The highest BCUT2D eigenvalue weighted by molar-refractivity contribution is 5.73. The van der Waals surface area contributed by atoms with Crippen LogP contribution in [0.4, 0.5) is 0 Å². The Morgan fingerprint density at radius 1 is 1.41 bits per heavy atom. The first-order valence-corrected chi connectivity index (χ1v) is 5.13. The number of ether oxygens (including phenoxy) is 1. The number of hydrogen-bond acceptors (Lipinski definition) is 3. The highest BCUT2D eigenvalue weighted by Gasteiger charge is 2.03. The number of nitrogens with zero attached hydrogens (tertiary/aromatic N) is 2. The first-order chi connectivity index (χ1) is 8.19. The Hall–Kier alpha value is -2.30. The third kappa shape index (κ3) is 2.63. The van der Waals surface area contributed by atoms with E-state index in [9.17, 15) is 4.79 Å². The number of benzene rings is 1. The molecule has 0 fully saturated rings. The molecule has 0 saturated carbocycles. The van der Waals surface area contributed by atoms with E-state index in [-0.39, 0.29) is 12.5 Å².